The highest BCUT2D eigenvalue weighted by Gasteiger charge is 1.95. The molecule has 2 nitrogen and oxygen atoms in total. The molecule has 0 aromatic carbocycles. The second-order valence-electron chi connectivity index (χ2n) is 2.11. The maximum atomic E-state index is 3.43. The Balaban J connectivity index is 0. The van der Waals surface area contributed by atoms with E-state index in [1.54, 1.807) is 12.4 Å². The molecular formula is C8H18N2S. The number of rotatable bonds is 2. The molecule has 11 heavy (non-hydrogen) atoms. The molecule has 0 radical (unpaired) electrons. The predicted octanol–water partition coefficient (Wildman–Crippen LogP) is 2.14. The normalized spacial score (nSPS) is 15.7. The molecule has 0 spiro atoms. The molecule has 1 aliphatic heterocycles. The van der Waals surface area contributed by atoms with Crippen LogP contribution in [0.25, 0.3) is 0 Å². The van der Waals surface area contributed by atoms with Gasteiger partial charge in [-0.1, -0.05) is 0 Å². The summed E-state index contributed by atoms with van der Waals surface area (Å²) in [6, 6.07) is 0. The molecule has 0 unspecified atom stereocenters. The van der Waals surface area contributed by atoms with E-state index in [4.69, 9.17) is 0 Å². The van der Waals surface area contributed by atoms with E-state index < -0.39 is 0 Å². The first-order chi connectivity index (χ1) is 5.41. The van der Waals surface area contributed by atoms with Crippen LogP contribution >= 0.6 is 11.8 Å². The first kappa shape index (κ1) is 10.6. The Hall–Kier alpha value is -0.440. The van der Waals surface area contributed by atoms with Crippen molar-refractivity contribution >= 4 is 18.5 Å². The van der Waals surface area contributed by atoms with E-state index in [1.165, 1.54) is 24.3 Å². The Morgan fingerprint density at radius 3 is 2.36 bits per heavy atom. The van der Waals surface area contributed by atoms with Crippen LogP contribution in [0.3, 0.4) is 0 Å². The molecule has 0 atom stereocenters. The van der Waals surface area contributed by atoms with E-state index in [1.807, 2.05) is 7.05 Å². The fourth-order valence-corrected chi connectivity index (χ4v) is 1.66. The highest BCUT2D eigenvalue weighted by molar-refractivity contribution is 7.99. The van der Waals surface area contributed by atoms with E-state index in [9.17, 15) is 0 Å². The standard InChI is InChI=1S/C4H8N2.C4H8S.H2/c1-5-3-4-6-2;1-2-4-5-3-1;/h3-4,6H,1H2,2H3;1-4H2;1H/b4-3-;;. The first-order valence-corrected chi connectivity index (χ1v) is 4.93. The lowest BCUT2D eigenvalue weighted by atomic mass is 10.4. The van der Waals surface area contributed by atoms with Crippen molar-refractivity contribution in [1.29, 1.82) is 0 Å². The minimum absolute atomic E-state index is 0. The lowest BCUT2D eigenvalue weighted by Gasteiger charge is -1.76. The fourth-order valence-electron chi connectivity index (χ4n) is 0.638. The average Bonchev–Trinajstić information content (AvgIpc) is 2.57. The summed E-state index contributed by atoms with van der Waals surface area (Å²) in [4.78, 5) is 3.43. The summed E-state index contributed by atoms with van der Waals surface area (Å²) in [5.74, 6) is 2.83. The second-order valence-corrected chi connectivity index (χ2v) is 3.33. The number of thioether (sulfide) groups is 1. The maximum absolute atomic E-state index is 3.43. The molecule has 1 rings (SSSR count). The highest BCUT2D eigenvalue weighted by Crippen LogP contribution is 2.14. The van der Waals surface area contributed by atoms with E-state index >= 15 is 0 Å². The number of nitrogens with one attached hydrogen (secondary N) is 1. The highest BCUT2D eigenvalue weighted by atomic mass is 32.2. The Morgan fingerprint density at radius 1 is 1.55 bits per heavy atom. The Kier molecular flexibility index (Phi) is 9.18. The lowest BCUT2D eigenvalue weighted by molar-refractivity contribution is 0.949. The molecule has 0 saturated carbocycles. The molecule has 1 N–H and O–H groups in total. The SMILES string of the molecule is C1CCSC1.C=N/C=C\NC.[HH]. The van der Waals surface area contributed by atoms with Gasteiger partial charge < -0.3 is 5.32 Å². The molecule has 1 heterocycles. The summed E-state index contributed by atoms with van der Waals surface area (Å²) >= 11 is 2.07. The largest absolute Gasteiger partial charge is 0.393 e. The molecule has 0 aromatic heterocycles. The van der Waals surface area contributed by atoms with E-state index in [0.29, 0.717) is 0 Å². The van der Waals surface area contributed by atoms with Crippen molar-refractivity contribution in [3.8, 4) is 0 Å². The lowest BCUT2D eigenvalue weighted by Crippen LogP contribution is -1.89. The Labute approximate surface area is 74.7 Å². The zero-order valence-electron chi connectivity index (χ0n) is 7.05. The van der Waals surface area contributed by atoms with Gasteiger partial charge in [0.25, 0.3) is 0 Å². The molecule has 0 bridgehead atoms. The van der Waals surface area contributed by atoms with Gasteiger partial charge >= 0.3 is 0 Å². The van der Waals surface area contributed by atoms with Crippen molar-refractivity contribution < 1.29 is 1.43 Å². The number of hydrogen-bond donors (Lipinski definition) is 1. The summed E-state index contributed by atoms with van der Waals surface area (Å²) in [5.41, 5.74) is 0. The van der Waals surface area contributed by atoms with Crippen LogP contribution in [0.15, 0.2) is 17.4 Å². The van der Waals surface area contributed by atoms with Crippen LogP contribution in [-0.2, 0) is 0 Å². The molecule has 3 heteroatoms. The number of hydrogen-bond acceptors (Lipinski definition) is 3. The minimum atomic E-state index is 0. The van der Waals surface area contributed by atoms with E-state index in [-0.39, 0.29) is 1.43 Å². The van der Waals surface area contributed by atoms with Crippen LogP contribution in [0.1, 0.15) is 14.3 Å². The number of nitrogens with zero attached hydrogens (tertiary/aromatic N) is 1. The van der Waals surface area contributed by atoms with Gasteiger partial charge in [0, 0.05) is 20.9 Å². The van der Waals surface area contributed by atoms with Crippen molar-refractivity contribution in [1.82, 2.24) is 5.32 Å². The summed E-state index contributed by atoms with van der Waals surface area (Å²) in [5, 5.41) is 2.75. The van der Waals surface area contributed by atoms with Gasteiger partial charge in [-0.25, -0.2) is 0 Å². The first-order valence-electron chi connectivity index (χ1n) is 3.77. The van der Waals surface area contributed by atoms with Crippen molar-refractivity contribution in [2.75, 3.05) is 18.6 Å². The summed E-state index contributed by atoms with van der Waals surface area (Å²) in [7, 11) is 1.81. The molecule has 0 aromatic rings. The smallest absolute Gasteiger partial charge is 0.0417 e. The molecule has 1 fully saturated rings. The van der Waals surface area contributed by atoms with Crippen LogP contribution in [0.4, 0.5) is 0 Å². The third-order valence-electron chi connectivity index (χ3n) is 1.17. The van der Waals surface area contributed by atoms with Gasteiger partial charge in [0.1, 0.15) is 0 Å². The van der Waals surface area contributed by atoms with Crippen LogP contribution in [0.2, 0.25) is 0 Å². The van der Waals surface area contributed by atoms with Crippen LogP contribution in [0.5, 0.6) is 0 Å². The molecule has 1 aliphatic rings. The summed E-state index contributed by atoms with van der Waals surface area (Å²) < 4.78 is 0. The van der Waals surface area contributed by atoms with Gasteiger partial charge in [-0.3, -0.25) is 4.99 Å². The zero-order chi connectivity index (χ0) is 8.36. The Morgan fingerprint density at radius 2 is 2.18 bits per heavy atom. The molecule has 66 valence electrons. The van der Waals surface area contributed by atoms with E-state index in [2.05, 4.69) is 28.8 Å². The molecule has 0 amide bonds. The monoisotopic (exact) mass is 174 g/mol. The molecule has 1 saturated heterocycles. The van der Waals surface area contributed by atoms with Gasteiger partial charge in [0.05, 0.1) is 0 Å². The van der Waals surface area contributed by atoms with Gasteiger partial charge in [0.2, 0.25) is 0 Å². The predicted molar refractivity (Wildman–Crippen MR) is 56.4 cm³/mol. The Bertz CT molecular complexity index is 106. The van der Waals surface area contributed by atoms with E-state index in [0.717, 1.165) is 0 Å². The summed E-state index contributed by atoms with van der Waals surface area (Å²) in [6.45, 7) is 3.22. The third kappa shape index (κ3) is 9.56. The van der Waals surface area contributed by atoms with Gasteiger partial charge in [-0.05, 0) is 31.1 Å². The quantitative estimate of drug-likeness (QED) is 0.649. The molecule has 0 aliphatic carbocycles. The fraction of sp³-hybridized carbons (Fsp3) is 0.625. The van der Waals surface area contributed by atoms with Crippen LogP contribution in [0, 0.1) is 0 Å². The van der Waals surface area contributed by atoms with Gasteiger partial charge in [-0.2, -0.15) is 11.8 Å². The number of aliphatic imine (C=N–C) groups is 1. The average molecular weight is 174 g/mol. The van der Waals surface area contributed by atoms with Crippen LogP contribution in [-0.4, -0.2) is 25.3 Å². The zero-order valence-corrected chi connectivity index (χ0v) is 7.86. The molecular weight excluding hydrogens is 156 g/mol. The van der Waals surface area contributed by atoms with Crippen molar-refractivity contribution in [2.24, 2.45) is 4.99 Å². The maximum Gasteiger partial charge on any atom is 0.0417 e. The van der Waals surface area contributed by atoms with Gasteiger partial charge in [-0.15, -0.1) is 0 Å². The van der Waals surface area contributed by atoms with Crippen molar-refractivity contribution in [2.45, 2.75) is 12.8 Å². The van der Waals surface area contributed by atoms with Crippen molar-refractivity contribution in [3.63, 3.8) is 0 Å². The topological polar surface area (TPSA) is 24.4 Å². The third-order valence-corrected chi connectivity index (χ3v) is 2.33. The second kappa shape index (κ2) is 9.56. The minimum Gasteiger partial charge on any atom is -0.393 e. The van der Waals surface area contributed by atoms with Gasteiger partial charge in [0.15, 0.2) is 0 Å². The van der Waals surface area contributed by atoms with Crippen LogP contribution < -0.4 is 5.32 Å². The summed E-state index contributed by atoms with van der Waals surface area (Å²) in [6.07, 6.45) is 6.21. The van der Waals surface area contributed by atoms with Crippen molar-refractivity contribution in [3.05, 3.63) is 12.4 Å².